The third kappa shape index (κ3) is 5.25. The molecule has 1 unspecified atom stereocenters. The van der Waals surface area contributed by atoms with Gasteiger partial charge in [0.25, 0.3) is 0 Å². The zero-order valence-electron chi connectivity index (χ0n) is 7.49. The van der Waals surface area contributed by atoms with E-state index in [1.54, 1.807) is 48.8 Å². The first-order chi connectivity index (χ1) is 3.98. The maximum atomic E-state index is 1.78. The van der Waals surface area contributed by atoms with E-state index < -0.39 is 0 Å². The minimum Gasteiger partial charge on any atom is -0.0120 e. The predicted octanol–water partition coefficient (Wildman–Crippen LogP) is -8.78. The van der Waals surface area contributed by atoms with E-state index in [2.05, 4.69) is 0 Å². The molecular formula is H20Si9. The Morgan fingerprint density at radius 2 is 1.67 bits per heavy atom. The summed E-state index contributed by atoms with van der Waals surface area (Å²) in [5, 5.41) is 0. The van der Waals surface area contributed by atoms with Gasteiger partial charge in [-0.25, -0.2) is 0 Å². The fourth-order valence-corrected chi connectivity index (χ4v) is 210. The van der Waals surface area contributed by atoms with Gasteiger partial charge in [-0.15, -0.1) is 0 Å². The fraction of sp³-hybridized carbons (Fsp3) is 0. The lowest BCUT2D eigenvalue weighted by molar-refractivity contribution is 3.54. The molecule has 0 amide bonds. The topological polar surface area (TPSA) is 0 Å². The molecule has 0 aromatic carbocycles. The van der Waals surface area contributed by atoms with E-state index in [-0.39, 0.29) is 6.14 Å². The smallest absolute Gasteiger partial charge is 0.00588 e. The van der Waals surface area contributed by atoms with Crippen LogP contribution in [0.3, 0.4) is 0 Å². The van der Waals surface area contributed by atoms with Gasteiger partial charge in [0.15, 0.2) is 0 Å². The van der Waals surface area contributed by atoms with Gasteiger partial charge in [0.1, 0.15) is 0 Å². The van der Waals surface area contributed by atoms with Crippen LogP contribution in [0.5, 0.6) is 0 Å². The zero-order valence-corrected chi connectivity index (χ0v) is 22.5. The second-order valence-corrected chi connectivity index (χ2v) is 110. The summed E-state index contributed by atoms with van der Waals surface area (Å²) in [6.45, 7) is 0. The molecule has 9 heavy (non-hydrogen) atoms. The lowest BCUT2D eigenvalue weighted by Crippen LogP contribution is -2.60. The summed E-state index contributed by atoms with van der Waals surface area (Å²) in [4.78, 5) is 0. The summed E-state index contributed by atoms with van der Waals surface area (Å²) in [5.74, 6) is 0. The first-order valence-corrected chi connectivity index (χ1v) is 35.8. The summed E-state index contributed by atoms with van der Waals surface area (Å²) in [7, 11) is 10.6. The normalized spacial score (nSPS) is 25.3. The van der Waals surface area contributed by atoms with Crippen LogP contribution >= 0.6 is 0 Å². The van der Waals surface area contributed by atoms with E-state index in [0.29, 0.717) is 7.35 Å². The summed E-state index contributed by atoms with van der Waals surface area (Å²) in [5.41, 5.74) is 0. The van der Waals surface area contributed by atoms with E-state index in [9.17, 15) is 0 Å². The number of hydrogen-bond acceptors (Lipinski definition) is 0. The highest BCUT2D eigenvalue weighted by molar-refractivity contribution is 7.97. The lowest BCUT2D eigenvalue weighted by atomic mass is 25.9. The van der Waals surface area contributed by atoms with Crippen molar-refractivity contribution >= 4 is 79.4 Å². The van der Waals surface area contributed by atoms with Gasteiger partial charge >= 0.3 is 0 Å². The second kappa shape index (κ2) is 4.75. The molecule has 0 saturated heterocycles. The van der Waals surface area contributed by atoms with Crippen molar-refractivity contribution in [2.75, 3.05) is 0 Å². The fourth-order valence-electron chi connectivity index (χ4n) is 0.866. The van der Waals surface area contributed by atoms with Crippen LogP contribution in [0.2, 0.25) is 0 Å². The van der Waals surface area contributed by atoms with Gasteiger partial charge in [-0.1, -0.05) is 0 Å². The SMILES string of the molecule is [SiH3][SiH2][SiH2][SiH]([SiH3])[Si]([SiH3])([SiH3])[SiH3]. The van der Waals surface area contributed by atoms with E-state index in [0.717, 1.165) is 17.1 Å². The van der Waals surface area contributed by atoms with Crippen LogP contribution in [0.15, 0.2) is 0 Å². The van der Waals surface area contributed by atoms with Crippen LogP contribution in [0.25, 0.3) is 0 Å². The number of hydrogen-bond donors (Lipinski definition) is 0. The van der Waals surface area contributed by atoms with Crippen LogP contribution < -0.4 is 0 Å². The van der Waals surface area contributed by atoms with Crippen molar-refractivity contribution in [3.05, 3.63) is 0 Å². The van der Waals surface area contributed by atoms with Gasteiger partial charge in [-0.3, -0.25) is 0 Å². The van der Waals surface area contributed by atoms with Crippen LogP contribution in [-0.2, 0) is 0 Å². The van der Waals surface area contributed by atoms with Crippen molar-refractivity contribution in [1.82, 2.24) is 0 Å². The Balaban J connectivity index is 3.59. The van der Waals surface area contributed by atoms with Gasteiger partial charge in [0, 0.05) is 0 Å². The molecule has 9 heteroatoms. The quantitative estimate of drug-likeness (QED) is 0.448. The molecule has 56 valence electrons. The molecule has 1 atom stereocenters. The van der Waals surface area contributed by atoms with Gasteiger partial charge in [0.2, 0.25) is 0 Å². The average molecular weight is 273 g/mol. The standard InChI is InChI=1S/H20Si9/c1-6-7-8(2)9(3,4)5/h8H,6-7H2,1-5H3. The van der Waals surface area contributed by atoms with Crippen molar-refractivity contribution in [1.29, 1.82) is 0 Å². The van der Waals surface area contributed by atoms with E-state index in [1.165, 1.54) is 0 Å². The van der Waals surface area contributed by atoms with E-state index >= 15 is 0 Å². The average Bonchev–Trinajstić information content (AvgIpc) is 1.64. The summed E-state index contributed by atoms with van der Waals surface area (Å²) < 4.78 is 0. The van der Waals surface area contributed by atoms with Crippen molar-refractivity contribution in [3.63, 3.8) is 0 Å². The largest absolute Gasteiger partial charge is 0.0120 e. The van der Waals surface area contributed by atoms with Crippen molar-refractivity contribution in [2.24, 2.45) is 0 Å². The highest BCUT2D eigenvalue weighted by atomic mass is 30.3. The molecule has 0 nitrogen and oxygen atoms in total. The predicted molar refractivity (Wildman–Crippen MR) is 79.7 cm³/mol. The van der Waals surface area contributed by atoms with Gasteiger partial charge in [-0.2, -0.15) is 0 Å². The second-order valence-electron chi connectivity index (χ2n) is 4.06. The molecular weight excluding hydrogens is 253 g/mol. The minimum absolute atomic E-state index is 0.0456. The summed E-state index contributed by atoms with van der Waals surface area (Å²) in [6, 6.07) is 0. The molecule has 0 bridgehead atoms. The van der Waals surface area contributed by atoms with Crippen LogP contribution in [0.4, 0.5) is 0 Å². The Morgan fingerprint density at radius 1 is 1.22 bits per heavy atom. The molecule has 0 aliphatic heterocycles. The zero-order chi connectivity index (χ0) is 7.49. The van der Waals surface area contributed by atoms with Gasteiger partial charge in [-0.05, 0) is 79.4 Å². The van der Waals surface area contributed by atoms with Crippen molar-refractivity contribution in [3.8, 4) is 0 Å². The van der Waals surface area contributed by atoms with Crippen molar-refractivity contribution in [2.45, 2.75) is 0 Å². The summed E-state index contributed by atoms with van der Waals surface area (Å²) in [6.07, 6.45) is -0.0456. The Kier molecular flexibility index (Phi) is 5.79. The van der Waals surface area contributed by atoms with Gasteiger partial charge in [0.05, 0.1) is 0 Å². The van der Waals surface area contributed by atoms with Crippen LogP contribution in [0.1, 0.15) is 0 Å². The molecule has 0 aliphatic carbocycles. The molecule has 0 spiro atoms. The maximum Gasteiger partial charge on any atom is -0.00588 e. The minimum atomic E-state index is -0.0456. The molecule has 0 aromatic rings. The first-order valence-electron chi connectivity index (χ1n) is 3.98. The maximum absolute atomic E-state index is 1.78. The summed E-state index contributed by atoms with van der Waals surface area (Å²) >= 11 is 0. The highest BCUT2D eigenvalue weighted by Gasteiger charge is 2.21. The molecule has 0 aliphatic rings. The van der Waals surface area contributed by atoms with Gasteiger partial charge < -0.3 is 0 Å². The van der Waals surface area contributed by atoms with Crippen LogP contribution in [-0.4, -0.2) is 79.4 Å². The Labute approximate surface area is 79.0 Å². The Morgan fingerprint density at radius 3 is 1.78 bits per heavy atom. The number of rotatable bonds is 3. The highest BCUT2D eigenvalue weighted by Crippen LogP contribution is 1.84. The monoisotopic (exact) mass is 272 g/mol. The van der Waals surface area contributed by atoms with E-state index in [1.807, 2.05) is 0 Å². The molecule has 0 fully saturated rings. The third-order valence-corrected chi connectivity index (χ3v) is 178. The Bertz CT molecular complexity index is 66.6. The van der Waals surface area contributed by atoms with E-state index in [4.69, 9.17) is 0 Å². The third-order valence-electron chi connectivity index (χ3n) is 2.20. The van der Waals surface area contributed by atoms with Crippen molar-refractivity contribution < 1.29 is 0 Å². The molecule has 0 N–H and O–H groups in total. The van der Waals surface area contributed by atoms with Crippen LogP contribution in [0, 0.1) is 0 Å². The first kappa shape index (κ1) is 11.0. The molecule has 0 aromatic heterocycles. The Hall–Kier alpha value is 1.95. The molecule has 0 rings (SSSR count). The molecule has 0 saturated carbocycles. The molecule has 0 heterocycles. The lowest BCUT2D eigenvalue weighted by Gasteiger charge is -2.22. The molecule has 0 radical (unpaired) electrons.